The number of aromatic nitrogens is 1. The summed E-state index contributed by atoms with van der Waals surface area (Å²) in [6, 6.07) is 9.81. The van der Waals surface area contributed by atoms with Crippen molar-refractivity contribution in [1.82, 2.24) is 9.71 Å². The van der Waals surface area contributed by atoms with Crippen molar-refractivity contribution >= 4 is 26.0 Å². The second kappa shape index (κ2) is 6.43. The average molecular weight is 359 g/mol. The molecule has 0 aliphatic rings. The van der Waals surface area contributed by atoms with Crippen molar-refractivity contribution in [2.24, 2.45) is 0 Å². The highest BCUT2D eigenvalue weighted by Crippen LogP contribution is 2.12. The maximum Gasteiger partial charge on any atom is 0.261 e. The zero-order chi connectivity index (χ0) is 14.6. The van der Waals surface area contributed by atoms with Gasteiger partial charge in [-0.1, -0.05) is 40.2 Å². The fraction of sp³-hybridized carbons (Fsp3) is 0.154. The fourth-order valence-corrected chi connectivity index (χ4v) is 2.95. The third kappa shape index (κ3) is 3.62. The molecule has 0 fully saturated rings. The molecule has 0 saturated carbocycles. The van der Waals surface area contributed by atoms with Crippen LogP contribution in [0.5, 0.6) is 0 Å². The average Bonchev–Trinajstić information content (AvgIpc) is 2.46. The monoisotopic (exact) mass is 358 g/mol. The number of nitrogens with one attached hydrogen (secondary N) is 1. The van der Waals surface area contributed by atoms with Crippen LogP contribution < -0.4 is 4.72 Å². The highest BCUT2D eigenvalue weighted by molar-refractivity contribution is 9.08. The molecule has 2 aromatic rings. The standard InChI is InChI=1S/C13H12BrFN2O2S/c14-8-10-3-5-11(6-4-10)9-17-20(18,19)13-12(15)2-1-7-16-13/h1-7,17H,8-9H2. The largest absolute Gasteiger partial charge is 0.261 e. The predicted octanol–water partition coefficient (Wildman–Crippen LogP) is 2.59. The number of alkyl halides is 1. The SMILES string of the molecule is O=S(=O)(NCc1ccc(CBr)cc1)c1ncccc1F. The molecule has 0 aliphatic heterocycles. The van der Waals surface area contributed by atoms with Gasteiger partial charge in [0.15, 0.2) is 5.82 Å². The smallest absolute Gasteiger partial charge is 0.241 e. The van der Waals surface area contributed by atoms with Crippen LogP contribution in [0.4, 0.5) is 4.39 Å². The molecule has 106 valence electrons. The Morgan fingerprint density at radius 2 is 1.80 bits per heavy atom. The van der Waals surface area contributed by atoms with Gasteiger partial charge in [-0.05, 0) is 23.3 Å². The Morgan fingerprint density at radius 3 is 2.40 bits per heavy atom. The van der Waals surface area contributed by atoms with Crippen LogP contribution in [0, 0.1) is 5.82 Å². The van der Waals surface area contributed by atoms with Gasteiger partial charge < -0.3 is 0 Å². The third-order valence-electron chi connectivity index (χ3n) is 2.62. The first-order valence-corrected chi connectivity index (χ1v) is 8.37. The lowest BCUT2D eigenvalue weighted by Crippen LogP contribution is -2.25. The molecule has 4 nitrogen and oxygen atoms in total. The van der Waals surface area contributed by atoms with Gasteiger partial charge in [0.05, 0.1) is 0 Å². The summed E-state index contributed by atoms with van der Waals surface area (Å²) >= 11 is 3.33. The number of nitrogens with zero attached hydrogens (tertiary/aromatic N) is 1. The zero-order valence-electron chi connectivity index (χ0n) is 10.4. The van der Waals surface area contributed by atoms with E-state index in [0.717, 1.165) is 22.5 Å². The summed E-state index contributed by atoms with van der Waals surface area (Å²) in [7, 11) is -3.95. The van der Waals surface area contributed by atoms with Gasteiger partial charge >= 0.3 is 0 Å². The number of hydrogen-bond acceptors (Lipinski definition) is 3. The van der Waals surface area contributed by atoms with Crippen LogP contribution in [0.2, 0.25) is 0 Å². The Bertz CT molecular complexity index is 690. The molecule has 7 heteroatoms. The Labute approximate surface area is 125 Å². The van der Waals surface area contributed by atoms with Gasteiger partial charge in [-0.3, -0.25) is 0 Å². The number of rotatable bonds is 5. The Kier molecular flexibility index (Phi) is 4.85. The third-order valence-corrected chi connectivity index (χ3v) is 4.60. The van der Waals surface area contributed by atoms with Crippen molar-refractivity contribution in [3.8, 4) is 0 Å². The normalized spacial score (nSPS) is 11.5. The van der Waals surface area contributed by atoms with Crippen molar-refractivity contribution in [3.05, 3.63) is 59.5 Å². The van der Waals surface area contributed by atoms with E-state index in [1.807, 2.05) is 24.3 Å². The van der Waals surface area contributed by atoms with Crippen LogP contribution >= 0.6 is 15.9 Å². The molecule has 0 atom stereocenters. The van der Waals surface area contributed by atoms with E-state index in [1.54, 1.807) is 0 Å². The van der Waals surface area contributed by atoms with E-state index < -0.39 is 20.9 Å². The molecule has 0 aliphatic carbocycles. The quantitative estimate of drug-likeness (QED) is 0.835. The van der Waals surface area contributed by atoms with E-state index in [9.17, 15) is 12.8 Å². The summed E-state index contributed by atoms with van der Waals surface area (Å²) in [6.07, 6.45) is 1.24. The molecule has 1 N–H and O–H groups in total. The van der Waals surface area contributed by atoms with Crippen LogP contribution in [0.3, 0.4) is 0 Å². The van der Waals surface area contributed by atoms with Crippen LogP contribution in [0.25, 0.3) is 0 Å². The number of pyridine rings is 1. The van der Waals surface area contributed by atoms with E-state index >= 15 is 0 Å². The minimum atomic E-state index is -3.95. The van der Waals surface area contributed by atoms with Gasteiger partial charge in [-0.2, -0.15) is 0 Å². The Balaban J connectivity index is 2.11. The van der Waals surface area contributed by atoms with Crippen LogP contribution in [-0.2, 0) is 21.9 Å². The fourth-order valence-electron chi connectivity index (χ4n) is 1.56. The molecule has 1 aromatic carbocycles. The molecule has 0 spiro atoms. The zero-order valence-corrected chi connectivity index (χ0v) is 12.8. The lowest BCUT2D eigenvalue weighted by molar-refractivity contribution is 0.544. The van der Waals surface area contributed by atoms with E-state index in [1.165, 1.54) is 12.3 Å². The summed E-state index contributed by atoms with van der Waals surface area (Å²) in [5.74, 6) is -0.866. The van der Waals surface area contributed by atoms with Gasteiger partial charge in [0.2, 0.25) is 5.03 Å². The molecule has 0 radical (unpaired) electrons. The lowest BCUT2D eigenvalue weighted by Gasteiger charge is -2.07. The number of halogens is 2. The maximum absolute atomic E-state index is 13.4. The number of sulfonamides is 1. The summed E-state index contributed by atoms with van der Waals surface area (Å²) < 4.78 is 39.6. The first-order chi connectivity index (χ1) is 9.53. The molecule has 1 heterocycles. The Morgan fingerprint density at radius 1 is 1.15 bits per heavy atom. The van der Waals surface area contributed by atoms with Gasteiger partial charge in [0, 0.05) is 18.1 Å². The van der Waals surface area contributed by atoms with Crippen molar-refractivity contribution in [2.75, 3.05) is 0 Å². The second-order valence-corrected chi connectivity index (χ2v) is 6.31. The molecule has 20 heavy (non-hydrogen) atoms. The van der Waals surface area contributed by atoms with E-state index in [4.69, 9.17) is 0 Å². The second-order valence-electron chi connectivity index (χ2n) is 4.07. The van der Waals surface area contributed by atoms with E-state index in [2.05, 4.69) is 25.6 Å². The summed E-state index contributed by atoms with van der Waals surface area (Å²) in [5, 5.41) is 0.148. The first-order valence-electron chi connectivity index (χ1n) is 5.77. The molecule has 0 amide bonds. The van der Waals surface area contributed by atoms with Crippen molar-refractivity contribution in [3.63, 3.8) is 0 Å². The summed E-state index contributed by atoms with van der Waals surface area (Å²) in [6.45, 7) is 0.0842. The van der Waals surface area contributed by atoms with Gasteiger partial charge in [0.1, 0.15) is 0 Å². The molecular weight excluding hydrogens is 347 g/mol. The maximum atomic E-state index is 13.4. The minimum absolute atomic E-state index is 0.0842. The summed E-state index contributed by atoms with van der Waals surface area (Å²) in [5.41, 5.74) is 1.88. The molecule has 0 bridgehead atoms. The van der Waals surface area contributed by atoms with Gasteiger partial charge in [-0.15, -0.1) is 0 Å². The summed E-state index contributed by atoms with van der Waals surface area (Å²) in [4.78, 5) is 3.56. The molecule has 1 aromatic heterocycles. The highest BCUT2D eigenvalue weighted by Gasteiger charge is 2.19. The van der Waals surface area contributed by atoms with Crippen molar-refractivity contribution in [1.29, 1.82) is 0 Å². The Hall–Kier alpha value is -1.31. The van der Waals surface area contributed by atoms with Crippen molar-refractivity contribution in [2.45, 2.75) is 16.9 Å². The first kappa shape index (κ1) is 15.1. The van der Waals surface area contributed by atoms with Gasteiger partial charge in [0.25, 0.3) is 10.0 Å². The molecule has 2 rings (SSSR count). The lowest BCUT2D eigenvalue weighted by atomic mass is 10.2. The van der Waals surface area contributed by atoms with Crippen LogP contribution in [0.1, 0.15) is 11.1 Å². The topological polar surface area (TPSA) is 59.1 Å². The van der Waals surface area contributed by atoms with Crippen LogP contribution in [0.15, 0.2) is 47.6 Å². The van der Waals surface area contributed by atoms with Gasteiger partial charge in [-0.25, -0.2) is 22.5 Å². The van der Waals surface area contributed by atoms with Crippen LogP contribution in [-0.4, -0.2) is 13.4 Å². The van der Waals surface area contributed by atoms with Crippen molar-refractivity contribution < 1.29 is 12.8 Å². The minimum Gasteiger partial charge on any atom is -0.241 e. The predicted molar refractivity (Wildman–Crippen MR) is 77.3 cm³/mol. The number of benzene rings is 1. The van der Waals surface area contributed by atoms with E-state index in [-0.39, 0.29) is 6.54 Å². The molecule has 0 saturated heterocycles. The van der Waals surface area contributed by atoms with E-state index in [0.29, 0.717) is 0 Å². The highest BCUT2D eigenvalue weighted by atomic mass is 79.9. The molecule has 0 unspecified atom stereocenters. The molecular formula is C13H12BrFN2O2S. The number of hydrogen-bond donors (Lipinski definition) is 1.